The van der Waals surface area contributed by atoms with Gasteiger partial charge in [0, 0.05) is 18.0 Å². The predicted octanol–water partition coefficient (Wildman–Crippen LogP) is 6.74. The molecule has 0 aliphatic rings. The van der Waals surface area contributed by atoms with Crippen molar-refractivity contribution in [2.75, 3.05) is 42.6 Å². The number of hydrogen-bond donors (Lipinski definition) is 1. The maximum absolute atomic E-state index is 14.0. The number of ketones is 1. The second-order valence-electron chi connectivity index (χ2n) is 11.0. The van der Waals surface area contributed by atoms with Crippen LogP contribution in [0.2, 0.25) is 0 Å². The van der Waals surface area contributed by atoms with Gasteiger partial charge in [-0.2, -0.15) is 5.26 Å². The molecule has 8 nitrogen and oxygen atoms in total. The summed E-state index contributed by atoms with van der Waals surface area (Å²) >= 11 is 0. The monoisotopic (exact) mass is 597 g/mol. The smallest absolute Gasteiger partial charge is 0.232 e. The Bertz CT molecular complexity index is 1710. The van der Waals surface area contributed by atoms with Gasteiger partial charge in [0.1, 0.15) is 24.1 Å². The molecule has 1 aromatic heterocycles. The van der Waals surface area contributed by atoms with E-state index in [-0.39, 0.29) is 29.7 Å². The predicted molar refractivity (Wildman–Crippen MR) is 177 cm³/mol. The first-order valence-electron chi connectivity index (χ1n) is 14.0. The van der Waals surface area contributed by atoms with Gasteiger partial charge in [-0.3, -0.25) is 9.36 Å². The summed E-state index contributed by atoms with van der Waals surface area (Å²) in [5.74, 6) is 2.35. The zero-order valence-electron chi connectivity index (χ0n) is 25.5. The molecule has 0 saturated heterocycles. The number of carbonyl (C=O) groups excluding carboxylic acids is 1. The second kappa shape index (κ2) is 13.6. The molecule has 0 amide bonds. The van der Waals surface area contributed by atoms with E-state index in [9.17, 15) is 10.1 Å². The van der Waals surface area contributed by atoms with Gasteiger partial charge in [-0.25, -0.2) is 15.0 Å². The number of nitrogens with zero attached hydrogens (tertiary/aromatic N) is 4. The Morgan fingerprint density at radius 1 is 1.12 bits per heavy atom. The molecule has 0 spiro atoms. The number of rotatable bonds is 13. The van der Waals surface area contributed by atoms with Crippen LogP contribution in [-0.4, -0.2) is 53.0 Å². The number of nitriles is 1. The second-order valence-corrected chi connectivity index (χ2v) is 15.5. The molecule has 3 aromatic carbocycles. The lowest BCUT2D eigenvalue weighted by atomic mass is 10.1. The highest BCUT2D eigenvalue weighted by Crippen LogP contribution is 2.34. The molecule has 0 aliphatic heterocycles. The van der Waals surface area contributed by atoms with Crippen molar-refractivity contribution in [3.63, 3.8) is 0 Å². The third kappa shape index (κ3) is 7.47. The number of imidazole rings is 1. The van der Waals surface area contributed by atoms with E-state index in [0.717, 1.165) is 22.5 Å². The molecule has 43 heavy (non-hydrogen) atoms. The van der Waals surface area contributed by atoms with Gasteiger partial charge in [0.2, 0.25) is 5.78 Å². The fraction of sp³-hybridized carbons (Fsp3) is 0.265. The van der Waals surface area contributed by atoms with Crippen LogP contribution in [0, 0.1) is 18.3 Å². The fourth-order valence-electron chi connectivity index (χ4n) is 4.65. The number of anilines is 1. The third-order valence-electron chi connectivity index (χ3n) is 6.91. The SMILES string of the molecule is C=C/C(C(=O)c1nc2ccccc2n1COCCS(C)(C)C)=C(/N)N(CC)c1ccc(Oc2cccc(C#N)c2)cc1C. The number of Topliss-reactive ketones (excluding diaryl/α,β-unsaturated/α-hetero) is 1. The normalized spacial score (nSPS) is 12.4. The quantitative estimate of drug-likeness (QED) is 0.0787. The van der Waals surface area contributed by atoms with Gasteiger partial charge in [-0.1, -0.05) is 30.9 Å². The molecule has 9 heteroatoms. The summed E-state index contributed by atoms with van der Waals surface area (Å²) in [6, 6.07) is 22.4. The summed E-state index contributed by atoms with van der Waals surface area (Å²) in [5.41, 5.74) is 10.7. The molecule has 0 aliphatic carbocycles. The Hall–Kier alpha value is -4.52. The largest absolute Gasteiger partial charge is 0.457 e. The average Bonchev–Trinajstić information content (AvgIpc) is 3.35. The van der Waals surface area contributed by atoms with Crippen molar-refractivity contribution in [3.8, 4) is 17.6 Å². The van der Waals surface area contributed by atoms with Gasteiger partial charge in [0.05, 0.1) is 34.8 Å². The Kier molecular flexibility index (Phi) is 9.96. The van der Waals surface area contributed by atoms with Crippen molar-refractivity contribution < 1.29 is 14.3 Å². The number of ether oxygens (including phenoxy) is 2. The molecule has 4 aromatic rings. The summed E-state index contributed by atoms with van der Waals surface area (Å²) in [4.78, 5) is 20.6. The van der Waals surface area contributed by atoms with Crippen molar-refractivity contribution in [2.24, 2.45) is 5.73 Å². The summed E-state index contributed by atoms with van der Waals surface area (Å²) in [5, 5.41) is 9.18. The van der Waals surface area contributed by atoms with Gasteiger partial charge in [-0.05, 0) is 86.7 Å². The first-order valence-corrected chi connectivity index (χ1v) is 17.0. The van der Waals surface area contributed by atoms with E-state index in [1.165, 1.54) is 6.08 Å². The van der Waals surface area contributed by atoms with E-state index in [4.69, 9.17) is 15.2 Å². The molecular weight excluding hydrogens is 558 g/mol. The standard InChI is InChI=1S/C34H39N5O3S/c1-7-28(32(40)34-37-29-14-9-10-15-31(29)39(34)23-41-18-19-43(4,5)6)33(36)38(8-2)30-17-16-27(20-24(30)3)42-26-13-11-12-25(21-26)22-35/h7,9-17,20-21H,1,8,18-19,23,36H2,2-6H3/b33-28+. The lowest BCUT2D eigenvalue weighted by Gasteiger charge is -2.27. The zero-order valence-corrected chi connectivity index (χ0v) is 26.3. The molecule has 1 heterocycles. The van der Waals surface area contributed by atoms with E-state index in [1.807, 2.05) is 61.2 Å². The number of para-hydroxylation sites is 2. The minimum Gasteiger partial charge on any atom is -0.457 e. The molecule has 0 radical (unpaired) electrons. The molecular formula is C34H39N5O3S. The number of aromatic nitrogens is 2. The van der Waals surface area contributed by atoms with Crippen molar-refractivity contribution in [1.29, 1.82) is 5.26 Å². The van der Waals surface area contributed by atoms with Crippen molar-refractivity contribution in [1.82, 2.24) is 9.55 Å². The molecule has 0 unspecified atom stereocenters. The van der Waals surface area contributed by atoms with Crippen LogP contribution >= 0.6 is 10.0 Å². The van der Waals surface area contributed by atoms with Gasteiger partial charge < -0.3 is 20.1 Å². The maximum atomic E-state index is 14.0. The number of fused-ring (bicyclic) bond motifs is 1. The van der Waals surface area contributed by atoms with E-state index >= 15 is 0 Å². The molecule has 0 saturated carbocycles. The summed E-state index contributed by atoms with van der Waals surface area (Å²) in [6.07, 6.45) is 8.23. The van der Waals surface area contributed by atoms with Crippen molar-refractivity contribution in [2.45, 2.75) is 20.6 Å². The minimum absolute atomic E-state index is 0.205. The van der Waals surface area contributed by atoms with E-state index in [0.29, 0.717) is 35.7 Å². The number of hydrogen-bond acceptors (Lipinski definition) is 7. The number of carbonyl (C=O) groups is 1. The van der Waals surface area contributed by atoms with Crippen LogP contribution < -0.4 is 15.4 Å². The fourth-order valence-corrected chi connectivity index (χ4v) is 5.27. The number of benzene rings is 3. The lowest BCUT2D eigenvalue weighted by Crippen LogP contribution is -2.31. The van der Waals surface area contributed by atoms with Gasteiger partial charge in [0.15, 0.2) is 5.82 Å². The third-order valence-corrected chi connectivity index (χ3v) is 8.30. The molecule has 2 N–H and O–H groups in total. The van der Waals surface area contributed by atoms with Crippen LogP contribution in [0.25, 0.3) is 11.0 Å². The summed E-state index contributed by atoms with van der Waals surface area (Å²) < 4.78 is 13.8. The van der Waals surface area contributed by atoms with Crippen LogP contribution in [0.5, 0.6) is 11.5 Å². The molecule has 0 fully saturated rings. The zero-order chi connectivity index (χ0) is 31.1. The topological polar surface area (TPSA) is 106 Å². The maximum Gasteiger partial charge on any atom is 0.232 e. The molecule has 0 atom stereocenters. The van der Waals surface area contributed by atoms with E-state index in [2.05, 4.69) is 36.4 Å². The Labute approximate surface area is 255 Å². The highest BCUT2D eigenvalue weighted by atomic mass is 32.3. The summed E-state index contributed by atoms with van der Waals surface area (Å²) in [7, 11) is -0.706. The number of aryl methyl sites for hydroxylation is 1. The Balaban J connectivity index is 1.65. The van der Waals surface area contributed by atoms with Gasteiger partial charge >= 0.3 is 0 Å². The number of allylic oxidation sites excluding steroid dienone is 2. The van der Waals surface area contributed by atoms with Crippen molar-refractivity contribution >= 4 is 32.5 Å². The average molecular weight is 598 g/mol. The molecule has 224 valence electrons. The molecule has 0 bridgehead atoms. The van der Waals surface area contributed by atoms with Crippen LogP contribution in [0.3, 0.4) is 0 Å². The first-order chi connectivity index (χ1) is 20.6. The summed E-state index contributed by atoms with van der Waals surface area (Å²) in [6.45, 7) is 9.16. The number of nitrogens with two attached hydrogens (primary N) is 1. The van der Waals surface area contributed by atoms with Crippen LogP contribution in [-0.2, 0) is 11.5 Å². The van der Waals surface area contributed by atoms with Gasteiger partial charge in [0.25, 0.3) is 0 Å². The van der Waals surface area contributed by atoms with Crippen LogP contribution in [0.1, 0.15) is 28.7 Å². The molecule has 4 rings (SSSR count). The minimum atomic E-state index is -0.706. The Morgan fingerprint density at radius 3 is 2.53 bits per heavy atom. The Morgan fingerprint density at radius 2 is 1.86 bits per heavy atom. The van der Waals surface area contributed by atoms with Crippen LogP contribution in [0.15, 0.2) is 90.8 Å². The highest BCUT2D eigenvalue weighted by molar-refractivity contribution is 8.32. The van der Waals surface area contributed by atoms with E-state index in [1.54, 1.807) is 28.8 Å². The first kappa shape index (κ1) is 31.4. The van der Waals surface area contributed by atoms with Crippen LogP contribution in [0.4, 0.5) is 5.69 Å². The van der Waals surface area contributed by atoms with E-state index < -0.39 is 10.0 Å². The van der Waals surface area contributed by atoms with Crippen molar-refractivity contribution in [3.05, 3.63) is 108 Å². The highest BCUT2D eigenvalue weighted by Gasteiger charge is 2.24. The van der Waals surface area contributed by atoms with Gasteiger partial charge in [-0.15, -0.1) is 0 Å². The lowest BCUT2D eigenvalue weighted by molar-refractivity contribution is 0.0852.